The maximum absolute atomic E-state index is 12.8. The Morgan fingerprint density at radius 2 is 1.54 bits per heavy atom. The van der Waals surface area contributed by atoms with E-state index in [4.69, 9.17) is 9.47 Å². The van der Waals surface area contributed by atoms with E-state index >= 15 is 0 Å². The number of aromatic amines is 1. The van der Waals surface area contributed by atoms with Gasteiger partial charge in [0.1, 0.15) is 11.3 Å². The van der Waals surface area contributed by atoms with Crippen LogP contribution in [-0.2, 0) is 9.47 Å². The molecule has 1 aliphatic rings. The molecule has 1 fully saturated rings. The van der Waals surface area contributed by atoms with Crippen LogP contribution in [0, 0.1) is 13.8 Å². The van der Waals surface area contributed by atoms with Crippen LogP contribution in [0.3, 0.4) is 0 Å². The smallest absolute Gasteiger partial charge is 0.410 e. The summed E-state index contributed by atoms with van der Waals surface area (Å²) in [5.74, 6) is -0.658. The Bertz CT molecular complexity index is 709. The lowest BCUT2D eigenvalue weighted by molar-refractivity contribution is 0.0140. The normalized spacial score (nSPS) is 15.0. The van der Waals surface area contributed by atoms with Crippen LogP contribution in [0.1, 0.15) is 52.9 Å². The van der Waals surface area contributed by atoms with Gasteiger partial charge in [-0.25, -0.2) is 9.59 Å². The zero-order valence-electron chi connectivity index (χ0n) is 16.3. The number of esters is 1. The minimum Gasteiger partial charge on any atom is -0.465 e. The molecule has 8 heteroatoms. The highest BCUT2D eigenvalue weighted by Gasteiger charge is 2.30. The average Bonchev–Trinajstić information content (AvgIpc) is 2.86. The van der Waals surface area contributed by atoms with Gasteiger partial charge < -0.3 is 24.3 Å². The summed E-state index contributed by atoms with van der Waals surface area (Å²) in [6, 6.07) is 0. The number of amides is 2. The standard InChI is InChI=1S/C18H27N3O5/c1-11-13(16(23)25-6)12(2)19-14(11)15(22)20-7-9-21(10-8-20)17(24)26-18(3,4)5/h19H,7-10H2,1-6H3. The number of carbonyl (C=O) groups excluding carboxylic acids is 3. The molecule has 1 aliphatic heterocycles. The molecule has 1 aromatic rings. The molecule has 2 amide bonds. The third-order valence-electron chi connectivity index (χ3n) is 4.26. The fourth-order valence-electron chi connectivity index (χ4n) is 2.95. The van der Waals surface area contributed by atoms with Crippen molar-refractivity contribution in [1.82, 2.24) is 14.8 Å². The predicted molar refractivity (Wildman–Crippen MR) is 95.3 cm³/mol. The highest BCUT2D eigenvalue weighted by atomic mass is 16.6. The van der Waals surface area contributed by atoms with E-state index in [0.717, 1.165) is 0 Å². The molecule has 1 N–H and O–H groups in total. The lowest BCUT2D eigenvalue weighted by atomic mass is 10.1. The first-order valence-electron chi connectivity index (χ1n) is 8.60. The van der Waals surface area contributed by atoms with Crippen LogP contribution in [0.5, 0.6) is 0 Å². The van der Waals surface area contributed by atoms with Crippen LogP contribution >= 0.6 is 0 Å². The zero-order valence-corrected chi connectivity index (χ0v) is 16.3. The monoisotopic (exact) mass is 365 g/mol. The number of aryl methyl sites for hydroxylation is 1. The van der Waals surface area contributed by atoms with Crippen LogP contribution in [-0.4, -0.2) is 71.6 Å². The number of methoxy groups -OCH3 is 1. The van der Waals surface area contributed by atoms with Crippen LogP contribution in [0.25, 0.3) is 0 Å². The van der Waals surface area contributed by atoms with E-state index < -0.39 is 11.6 Å². The number of piperazine rings is 1. The molecule has 0 spiro atoms. The van der Waals surface area contributed by atoms with Crippen molar-refractivity contribution in [1.29, 1.82) is 0 Å². The predicted octanol–water partition coefficient (Wildman–Crippen LogP) is 2.11. The summed E-state index contributed by atoms with van der Waals surface area (Å²) in [7, 11) is 1.31. The molecule has 144 valence electrons. The van der Waals surface area contributed by atoms with E-state index in [1.165, 1.54) is 7.11 Å². The summed E-state index contributed by atoms with van der Waals surface area (Å²) in [5.41, 5.74) is 1.41. The second-order valence-corrected chi connectivity index (χ2v) is 7.38. The molecule has 0 saturated carbocycles. The first-order chi connectivity index (χ1) is 12.0. The Morgan fingerprint density at radius 1 is 1.00 bits per heavy atom. The second-order valence-electron chi connectivity index (χ2n) is 7.38. The largest absolute Gasteiger partial charge is 0.465 e. The summed E-state index contributed by atoms with van der Waals surface area (Å²) >= 11 is 0. The second kappa shape index (κ2) is 7.39. The number of hydrogen-bond acceptors (Lipinski definition) is 5. The van der Waals surface area contributed by atoms with Crippen molar-refractivity contribution in [3.05, 3.63) is 22.5 Å². The van der Waals surface area contributed by atoms with Gasteiger partial charge >= 0.3 is 12.1 Å². The van der Waals surface area contributed by atoms with Crippen molar-refractivity contribution in [2.75, 3.05) is 33.3 Å². The van der Waals surface area contributed by atoms with Crippen molar-refractivity contribution in [3.63, 3.8) is 0 Å². The Morgan fingerprint density at radius 3 is 2.04 bits per heavy atom. The van der Waals surface area contributed by atoms with Crippen LogP contribution in [0.15, 0.2) is 0 Å². The Balaban J connectivity index is 2.05. The number of carbonyl (C=O) groups is 3. The van der Waals surface area contributed by atoms with E-state index in [1.807, 2.05) is 20.8 Å². The van der Waals surface area contributed by atoms with Gasteiger partial charge in [0, 0.05) is 31.9 Å². The molecule has 8 nitrogen and oxygen atoms in total. The third-order valence-corrected chi connectivity index (χ3v) is 4.26. The lowest BCUT2D eigenvalue weighted by Gasteiger charge is -2.35. The summed E-state index contributed by atoms with van der Waals surface area (Å²) < 4.78 is 10.1. The highest BCUT2D eigenvalue weighted by molar-refractivity contribution is 6.00. The minimum atomic E-state index is -0.548. The summed E-state index contributed by atoms with van der Waals surface area (Å²) in [4.78, 5) is 43.1. The van der Waals surface area contributed by atoms with Gasteiger partial charge in [0.25, 0.3) is 5.91 Å². The van der Waals surface area contributed by atoms with Crippen molar-refractivity contribution in [2.24, 2.45) is 0 Å². The maximum Gasteiger partial charge on any atom is 0.410 e. The van der Waals surface area contributed by atoms with Crippen molar-refractivity contribution in [2.45, 2.75) is 40.2 Å². The molecule has 2 heterocycles. The zero-order chi connectivity index (χ0) is 19.6. The van der Waals surface area contributed by atoms with Crippen molar-refractivity contribution < 1.29 is 23.9 Å². The lowest BCUT2D eigenvalue weighted by Crippen LogP contribution is -2.51. The maximum atomic E-state index is 12.8. The van der Waals surface area contributed by atoms with Gasteiger partial charge in [0.2, 0.25) is 0 Å². The average molecular weight is 365 g/mol. The molecular formula is C18H27N3O5. The molecule has 26 heavy (non-hydrogen) atoms. The molecule has 0 radical (unpaired) electrons. The Kier molecular flexibility index (Phi) is 5.63. The summed E-state index contributed by atoms with van der Waals surface area (Å²) in [5, 5.41) is 0. The number of ether oxygens (including phenoxy) is 2. The summed E-state index contributed by atoms with van der Waals surface area (Å²) in [6.07, 6.45) is -0.371. The number of nitrogens with zero attached hydrogens (tertiary/aromatic N) is 2. The van der Waals surface area contributed by atoms with E-state index in [9.17, 15) is 14.4 Å². The van der Waals surface area contributed by atoms with Gasteiger partial charge in [-0.3, -0.25) is 4.79 Å². The van der Waals surface area contributed by atoms with E-state index in [2.05, 4.69) is 4.98 Å². The number of rotatable bonds is 2. The first-order valence-corrected chi connectivity index (χ1v) is 8.60. The van der Waals surface area contributed by atoms with Gasteiger partial charge in [0.05, 0.1) is 12.7 Å². The molecule has 1 saturated heterocycles. The Labute approximate surface area is 153 Å². The SMILES string of the molecule is COC(=O)c1c(C)[nH]c(C(=O)N2CCN(C(=O)OC(C)(C)C)CC2)c1C. The fourth-order valence-corrected chi connectivity index (χ4v) is 2.95. The quantitative estimate of drug-likeness (QED) is 0.811. The number of nitrogens with one attached hydrogen (secondary N) is 1. The molecule has 0 unspecified atom stereocenters. The van der Waals surface area contributed by atoms with E-state index in [0.29, 0.717) is 48.7 Å². The van der Waals surface area contributed by atoms with Gasteiger partial charge in [-0.15, -0.1) is 0 Å². The molecule has 0 atom stereocenters. The van der Waals surface area contributed by atoms with Crippen molar-refractivity contribution in [3.8, 4) is 0 Å². The molecular weight excluding hydrogens is 338 g/mol. The number of H-pyrrole nitrogens is 1. The van der Waals surface area contributed by atoms with Crippen molar-refractivity contribution >= 4 is 18.0 Å². The van der Waals surface area contributed by atoms with E-state index in [-0.39, 0.29) is 12.0 Å². The molecule has 0 bridgehead atoms. The fraction of sp³-hybridized carbons (Fsp3) is 0.611. The molecule has 2 rings (SSSR count). The van der Waals surface area contributed by atoms with Gasteiger partial charge in [0.15, 0.2) is 0 Å². The third kappa shape index (κ3) is 4.17. The summed E-state index contributed by atoms with van der Waals surface area (Å²) in [6.45, 7) is 10.5. The number of hydrogen-bond donors (Lipinski definition) is 1. The van der Waals surface area contributed by atoms with Gasteiger partial charge in [-0.05, 0) is 40.2 Å². The van der Waals surface area contributed by atoms with Crippen LogP contribution < -0.4 is 0 Å². The molecule has 0 aliphatic carbocycles. The minimum absolute atomic E-state index is 0.190. The van der Waals surface area contributed by atoms with Crippen LogP contribution in [0.2, 0.25) is 0 Å². The van der Waals surface area contributed by atoms with Crippen LogP contribution in [0.4, 0.5) is 4.79 Å². The topological polar surface area (TPSA) is 91.9 Å². The molecule has 1 aromatic heterocycles. The Hall–Kier alpha value is -2.51. The molecule has 0 aromatic carbocycles. The number of aromatic nitrogens is 1. The first kappa shape index (κ1) is 19.8. The van der Waals surface area contributed by atoms with Gasteiger partial charge in [-0.1, -0.05) is 0 Å². The highest BCUT2D eigenvalue weighted by Crippen LogP contribution is 2.21. The van der Waals surface area contributed by atoms with Gasteiger partial charge in [-0.2, -0.15) is 0 Å². The van der Waals surface area contributed by atoms with E-state index in [1.54, 1.807) is 23.6 Å².